The van der Waals surface area contributed by atoms with Crippen molar-refractivity contribution in [3.8, 4) is 28.6 Å². The van der Waals surface area contributed by atoms with Gasteiger partial charge in [0.15, 0.2) is 24.6 Å². The molecule has 146 valence electrons. The first kappa shape index (κ1) is 18.4. The van der Waals surface area contributed by atoms with E-state index < -0.39 is 0 Å². The number of morpholine rings is 1. The fourth-order valence-corrected chi connectivity index (χ4v) is 3.47. The van der Waals surface area contributed by atoms with Gasteiger partial charge in [0.05, 0.1) is 32.8 Å². The van der Waals surface area contributed by atoms with Crippen molar-refractivity contribution >= 4 is 11.0 Å². The third-order valence-corrected chi connectivity index (χ3v) is 4.97. The number of benzene rings is 2. The molecule has 0 unspecified atom stereocenters. The van der Waals surface area contributed by atoms with Crippen LogP contribution in [0, 0.1) is 0 Å². The molecule has 0 bridgehead atoms. The van der Waals surface area contributed by atoms with Crippen LogP contribution in [0.25, 0.3) is 22.3 Å². The van der Waals surface area contributed by atoms with Gasteiger partial charge in [-0.25, -0.2) is 4.58 Å². The number of methoxy groups -OCH3 is 3. The average molecular weight is 382 g/mol. The SMILES string of the molecule is COc1ccc2oc(-c3ccc(OC)c(OC)c3)cc(=[N+]3CCOCC3)c2c1. The molecule has 4 rings (SSSR count). The first-order chi connectivity index (χ1) is 13.7. The molecule has 0 spiro atoms. The van der Waals surface area contributed by atoms with Crippen LogP contribution in [-0.2, 0) is 4.74 Å². The Hall–Kier alpha value is -2.99. The van der Waals surface area contributed by atoms with E-state index in [-0.39, 0.29) is 0 Å². The molecule has 28 heavy (non-hydrogen) atoms. The Labute approximate surface area is 163 Å². The smallest absolute Gasteiger partial charge is 0.215 e. The van der Waals surface area contributed by atoms with Gasteiger partial charge < -0.3 is 23.4 Å². The molecule has 0 amide bonds. The molecule has 1 aliphatic rings. The highest BCUT2D eigenvalue weighted by molar-refractivity contribution is 5.80. The van der Waals surface area contributed by atoms with Gasteiger partial charge in [0.25, 0.3) is 0 Å². The molecule has 6 heteroatoms. The lowest BCUT2D eigenvalue weighted by Gasteiger charge is -2.13. The number of nitrogens with zero attached hydrogens (tertiary/aromatic N) is 1. The molecule has 0 saturated carbocycles. The van der Waals surface area contributed by atoms with E-state index >= 15 is 0 Å². The van der Waals surface area contributed by atoms with Crippen LogP contribution in [0.2, 0.25) is 0 Å². The standard InChI is InChI=1S/C22H24NO5/c1-24-16-5-7-19-17(13-16)18(23-8-10-27-11-9-23)14-21(28-19)15-4-6-20(25-2)22(12-15)26-3/h4-7,12-14H,8-11H2,1-3H3/q+1. The number of hydrogen-bond acceptors (Lipinski definition) is 5. The quantitative estimate of drug-likeness (QED) is 0.650. The average Bonchev–Trinajstić information content (AvgIpc) is 2.78. The summed E-state index contributed by atoms with van der Waals surface area (Å²) in [6.45, 7) is 3.09. The summed E-state index contributed by atoms with van der Waals surface area (Å²) in [5.74, 6) is 2.92. The lowest BCUT2D eigenvalue weighted by Crippen LogP contribution is -2.40. The lowest BCUT2D eigenvalue weighted by molar-refractivity contribution is 0.0967. The van der Waals surface area contributed by atoms with Crippen molar-refractivity contribution in [1.29, 1.82) is 0 Å². The van der Waals surface area contributed by atoms with Gasteiger partial charge in [-0.3, -0.25) is 0 Å². The summed E-state index contributed by atoms with van der Waals surface area (Å²) < 4.78 is 30.3. The maximum Gasteiger partial charge on any atom is 0.215 e. The second-order valence-electron chi connectivity index (χ2n) is 6.53. The number of fused-ring (bicyclic) bond motifs is 1. The first-order valence-electron chi connectivity index (χ1n) is 9.23. The normalized spacial score (nSPS) is 14.2. The topological polar surface area (TPSA) is 53.1 Å². The van der Waals surface area contributed by atoms with Crippen LogP contribution in [0.15, 0.2) is 46.9 Å². The van der Waals surface area contributed by atoms with Gasteiger partial charge in [0, 0.05) is 5.56 Å². The van der Waals surface area contributed by atoms with E-state index in [4.69, 9.17) is 23.4 Å². The summed E-state index contributed by atoms with van der Waals surface area (Å²) in [5, 5.41) is 2.12. The number of rotatable bonds is 4. The zero-order chi connectivity index (χ0) is 19.5. The van der Waals surface area contributed by atoms with E-state index in [1.807, 2.05) is 36.4 Å². The Balaban J connectivity index is 1.96. The third-order valence-electron chi connectivity index (χ3n) is 4.97. The molecule has 6 nitrogen and oxygen atoms in total. The molecule has 0 aliphatic carbocycles. The van der Waals surface area contributed by atoms with Gasteiger partial charge in [-0.2, -0.15) is 0 Å². The van der Waals surface area contributed by atoms with Crippen LogP contribution in [0.1, 0.15) is 0 Å². The van der Waals surface area contributed by atoms with Gasteiger partial charge in [0.2, 0.25) is 5.36 Å². The van der Waals surface area contributed by atoms with Gasteiger partial charge in [-0.05, 0) is 36.4 Å². The summed E-state index contributed by atoms with van der Waals surface area (Å²) in [6, 6.07) is 13.7. The van der Waals surface area contributed by atoms with E-state index in [0.29, 0.717) is 24.7 Å². The van der Waals surface area contributed by atoms with Crippen LogP contribution in [-0.4, -0.2) is 47.6 Å². The summed E-state index contributed by atoms with van der Waals surface area (Å²) in [4.78, 5) is 0. The van der Waals surface area contributed by atoms with Gasteiger partial charge in [-0.15, -0.1) is 0 Å². The monoisotopic (exact) mass is 382 g/mol. The lowest BCUT2D eigenvalue weighted by atomic mass is 10.1. The van der Waals surface area contributed by atoms with Crippen molar-refractivity contribution in [2.45, 2.75) is 0 Å². The number of hydrogen-bond donors (Lipinski definition) is 0. The zero-order valence-electron chi connectivity index (χ0n) is 16.4. The molecular weight excluding hydrogens is 358 g/mol. The van der Waals surface area contributed by atoms with Crippen molar-refractivity contribution in [2.24, 2.45) is 0 Å². The van der Waals surface area contributed by atoms with E-state index in [0.717, 1.165) is 46.5 Å². The fourth-order valence-electron chi connectivity index (χ4n) is 3.47. The molecule has 1 saturated heterocycles. The Kier molecular flexibility index (Phi) is 5.21. The Bertz CT molecular complexity index is 1060. The fraction of sp³-hybridized carbons (Fsp3) is 0.318. The van der Waals surface area contributed by atoms with Crippen LogP contribution in [0.5, 0.6) is 17.2 Å². The van der Waals surface area contributed by atoms with Crippen LogP contribution < -0.4 is 24.1 Å². The third kappa shape index (κ3) is 3.43. The van der Waals surface area contributed by atoms with Crippen LogP contribution >= 0.6 is 0 Å². The van der Waals surface area contributed by atoms with Crippen molar-refractivity contribution < 1.29 is 23.4 Å². The van der Waals surface area contributed by atoms with Gasteiger partial charge in [0.1, 0.15) is 30.3 Å². The second kappa shape index (κ2) is 7.94. The maximum atomic E-state index is 6.24. The van der Waals surface area contributed by atoms with Crippen molar-refractivity contribution in [2.75, 3.05) is 47.6 Å². The summed E-state index contributed by atoms with van der Waals surface area (Å²) in [6.07, 6.45) is 0. The minimum Gasteiger partial charge on any atom is -0.497 e. The van der Waals surface area contributed by atoms with Gasteiger partial charge >= 0.3 is 0 Å². The van der Waals surface area contributed by atoms with Crippen molar-refractivity contribution in [3.05, 3.63) is 47.8 Å². The molecule has 0 atom stereocenters. The largest absolute Gasteiger partial charge is 0.497 e. The summed E-state index contributed by atoms with van der Waals surface area (Å²) >= 11 is 0. The van der Waals surface area contributed by atoms with Crippen LogP contribution in [0.4, 0.5) is 0 Å². The predicted octanol–water partition coefficient (Wildman–Crippen LogP) is 2.93. The molecule has 2 heterocycles. The first-order valence-corrected chi connectivity index (χ1v) is 9.23. The van der Waals surface area contributed by atoms with E-state index in [1.165, 1.54) is 0 Å². The molecule has 0 radical (unpaired) electrons. The predicted molar refractivity (Wildman–Crippen MR) is 107 cm³/mol. The van der Waals surface area contributed by atoms with Crippen molar-refractivity contribution in [1.82, 2.24) is 4.58 Å². The molecule has 2 aromatic carbocycles. The molecular formula is C22H24NO5+. The molecule has 1 fully saturated rings. The highest BCUT2D eigenvalue weighted by Gasteiger charge is 2.18. The molecule has 3 aromatic rings. The van der Waals surface area contributed by atoms with E-state index in [1.54, 1.807) is 21.3 Å². The summed E-state index contributed by atoms with van der Waals surface area (Å²) in [5.41, 5.74) is 1.72. The van der Waals surface area contributed by atoms with E-state index in [2.05, 4.69) is 10.6 Å². The Morgan fingerprint density at radius 3 is 2.32 bits per heavy atom. The van der Waals surface area contributed by atoms with Gasteiger partial charge in [-0.1, -0.05) is 0 Å². The molecule has 0 N–H and O–H groups in total. The second-order valence-corrected chi connectivity index (χ2v) is 6.53. The minimum atomic E-state index is 0.665. The van der Waals surface area contributed by atoms with Crippen molar-refractivity contribution in [3.63, 3.8) is 0 Å². The minimum absolute atomic E-state index is 0.665. The Morgan fingerprint density at radius 2 is 1.61 bits per heavy atom. The highest BCUT2D eigenvalue weighted by Crippen LogP contribution is 2.33. The Morgan fingerprint density at radius 1 is 0.821 bits per heavy atom. The number of ether oxygens (including phenoxy) is 4. The zero-order valence-corrected chi connectivity index (χ0v) is 16.4. The summed E-state index contributed by atoms with van der Waals surface area (Å²) in [7, 11) is 4.93. The maximum absolute atomic E-state index is 6.24. The van der Waals surface area contributed by atoms with E-state index in [9.17, 15) is 0 Å². The molecule has 1 aromatic heterocycles. The molecule has 1 aliphatic heterocycles. The van der Waals surface area contributed by atoms with Crippen LogP contribution in [0.3, 0.4) is 0 Å². The highest BCUT2D eigenvalue weighted by atomic mass is 16.5.